The number of amidine groups is 1. The van der Waals surface area contributed by atoms with Crippen molar-refractivity contribution >= 4 is 11.7 Å². The van der Waals surface area contributed by atoms with Gasteiger partial charge in [-0.1, -0.05) is 0 Å². The lowest BCUT2D eigenvalue weighted by atomic mass is 10.0. The Hall–Kier alpha value is -1.69. The van der Waals surface area contributed by atoms with Crippen LogP contribution in [-0.2, 0) is 0 Å². The topological polar surface area (TPSA) is 82.1 Å². The molecule has 2 rings (SSSR count). The van der Waals surface area contributed by atoms with Crippen LogP contribution in [0.5, 0.6) is 0 Å². The minimum absolute atomic E-state index is 0.0743. The normalized spacial score (nSPS) is 16.8. The van der Waals surface area contributed by atoms with Gasteiger partial charge in [0.2, 0.25) is 0 Å². The summed E-state index contributed by atoms with van der Waals surface area (Å²) in [6.07, 6.45) is 2.19. The summed E-state index contributed by atoms with van der Waals surface area (Å²) < 4.78 is 0. The summed E-state index contributed by atoms with van der Waals surface area (Å²) in [4.78, 5) is 4.48. The van der Waals surface area contributed by atoms with Crippen LogP contribution in [0.3, 0.4) is 0 Å². The Bertz CT molecular complexity index is 503. The molecule has 1 aromatic rings. The Morgan fingerprint density at radius 2 is 1.85 bits per heavy atom. The van der Waals surface area contributed by atoms with E-state index in [1.807, 2.05) is 13.8 Å². The van der Waals surface area contributed by atoms with Gasteiger partial charge in [-0.2, -0.15) is 5.10 Å². The van der Waals surface area contributed by atoms with E-state index in [1.54, 1.807) is 0 Å². The number of anilines is 1. The summed E-state index contributed by atoms with van der Waals surface area (Å²) in [5, 5.41) is 16.3. The van der Waals surface area contributed by atoms with Gasteiger partial charge in [0.25, 0.3) is 0 Å². The molecule has 0 unspecified atom stereocenters. The molecule has 1 aliphatic heterocycles. The van der Waals surface area contributed by atoms with E-state index in [-0.39, 0.29) is 5.84 Å². The Morgan fingerprint density at radius 3 is 2.35 bits per heavy atom. The van der Waals surface area contributed by atoms with Gasteiger partial charge < -0.3 is 15.5 Å². The number of rotatable bonds is 3. The number of nitrogen functional groups attached to an aromatic ring is 1. The average Bonchev–Trinajstić information content (AvgIpc) is 2.41. The molecular weight excluding hydrogens is 252 g/mol. The maximum absolute atomic E-state index is 7.82. The van der Waals surface area contributed by atoms with Gasteiger partial charge in [0.1, 0.15) is 5.84 Å². The number of aromatic nitrogens is 2. The third-order valence-electron chi connectivity index (χ3n) is 4.20. The summed E-state index contributed by atoms with van der Waals surface area (Å²) >= 11 is 0. The molecule has 1 aromatic heterocycles. The van der Waals surface area contributed by atoms with Crippen LogP contribution in [0.25, 0.3) is 0 Å². The molecule has 6 nitrogen and oxygen atoms in total. The Kier molecular flexibility index (Phi) is 4.23. The van der Waals surface area contributed by atoms with Crippen LogP contribution in [0.2, 0.25) is 0 Å². The van der Waals surface area contributed by atoms with Gasteiger partial charge in [-0.3, -0.25) is 5.41 Å². The quantitative estimate of drug-likeness (QED) is 0.633. The fraction of sp³-hybridized carbons (Fsp3) is 0.643. The first-order valence-corrected chi connectivity index (χ1v) is 7.01. The van der Waals surface area contributed by atoms with Crippen molar-refractivity contribution in [1.82, 2.24) is 15.1 Å². The van der Waals surface area contributed by atoms with E-state index >= 15 is 0 Å². The monoisotopic (exact) mass is 276 g/mol. The number of piperidine rings is 1. The van der Waals surface area contributed by atoms with E-state index < -0.39 is 0 Å². The van der Waals surface area contributed by atoms with Crippen molar-refractivity contribution in [1.29, 1.82) is 5.41 Å². The molecule has 0 aliphatic carbocycles. The van der Waals surface area contributed by atoms with Crippen molar-refractivity contribution in [3.8, 4) is 0 Å². The van der Waals surface area contributed by atoms with Gasteiger partial charge in [-0.25, -0.2) is 0 Å². The second-order valence-electron chi connectivity index (χ2n) is 5.70. The Balaban J connectivity index is 2.26. The average molecular weight is 276 g/mol. The molecular formula is C14H24N6. The number of aryl methyl sites for hydroxylation is 1. The maximum atomic E-state index is 7.82. The molecule has 20 heavy (non-hydrogen) atoms. The number of hydrogen-bond acceptors (Lipinski definition) is 5. The van der Waals surface area contributed by atoms with E-state index in [1.165, 1.54) is 0 Å². The first-order valence-electron chi connectivity index (χ1n) is 7.01. The fourth-order valence-electron chi connectivity index (χ4n) is 2.73. The van der Waals surface area contributed by atoms with Gasteiger partial charge >= 0.3 is 0 Å². The predicted molar refractivity (Wildman–Crippen MR) is 81.4 cm³/mol. The number of nitrogens with zero attached hydrogens (tertiary/aromatic N) is 4. The van der Waals surface area contributed by atoms with E-state index in [9.17, 15) is 0 Å². The standard InChI is InChI=1S/C14H24N6/c1-9-10(2)17-18-14(12(9)13(15)16)20-7-5-11(6-8-20)19(3)4/h11H,5-8H2,1-4H3,(H3,15,16). The minimum Gasteiger partial charge on any atom is -0.384 e. The molecule has 0 atom stereocenters. The Morgan fingerprint density at radius 1 is 1.25 bits per heavy atom. The molecule has 1 aliphatic rings. The molecule has 3 N–H and O–H groups in total. The van der Waals surface area contributed by atoms with Crippen LogP contribution in [0.4, 0.5) is 5.82 Å². The minimum atomic E-state index is 0.0743. The highest BCUT2D eigenvalue weighted by Crippen LogP contribution is 2.25. The van der Waals surface area contributed by atoms with E-state index in [4.69, 9.17) is 11.1 Å². The van der Waals surface area contributed by atoms with E-state index in [0.29, 0.717) is 6.04 Å². The van der Waals surface area contributed by atoms with Crippen LogP contribution < -0.4 is 10.6 Å². The second-order valence-corrected chi connectivity index (χ2v) is 5.70. The van der Waals surface area contributed by atoms with Crippen molar-refractivity contribution in [2.24, 2.45) is 5.73 Å². The number of hydrogen-bond donors (Lipinski definition) is 2. The van der Waals surface area contributed by atoms with Gasteiger partial charge in [0, 0.05) is 19.1 Å². The molecule has 0 radical (unpaired) electrons. The van der Waals surface area contributed by atoms with E-state index in [0.717, 1.165) is 48.6 Å². The van der Waals surface area contributed by atoms with Gasteiger partial charge in [0.15, 0.2) is 5.82 Å². The molecule has 1 fully saturated rings. The Labute approximate surface area is 120 Å². The van der Waals surface area contributed by atoms with Gasteiger partial charge in [0.05, 0.1) is 11.3 Å². The lowest BCUT2D eigenvalue weighted by molar-refractivity contribution is 0.249. The largest absolute Gasteiger partial charge is 0.384 e. The fourth-order valence-corrected chi connectivity index (χ4v) is 2.73. The maximum Gasteiger partial charge on any atom is 0.162 e. The van der Waals surface area contributed by atoms with Gasteiger partial charge in [-0.15, -0.1) is 5.10 Å². The zero-order valence-corrected chi connectivity index (χ0v) is 12.8. The van der Waals surface area contributed by atoms with Crippen molar-refractivity contribution in [2.45, 2.75) is 32.7 Å². The molecule has 0 saturated carbocycles. The first kappa shape index (κ1) is 14.7. The van der Waals surface area contributed by atoms with Crippen LogP contribution in [0.15, 0.2) is 0 Å². The lowest BCUT2D eigenvalue weighted by Crippen LogP contribution is -2.43. The summed E-state index contributed by atoms with van der Waals surface area (Å²) in [6.45, 7) is 5.72. The van der Waals surface area contributed by atoms with Crippen molar-refractivity contribution in [2.75, 3.05) is 32.1 Å². The van der Waals surface area contributed by atoms with Crippen LogP contribution in [0.1, 0.15) is 29.7 Å². The predicted octanol–water partition coefficient (Wildman–Crippen LogP) is 0.908. The molecule has 6 heteroatoms. The number of nitrogens with one attached hydrogen (secondary N) is 1. The molecule has 1 saturated heterocycles. The van der Waals surface area contributed by atoms with Gasteiger partial charge in [-0.05, 0) is 46.3 Å². The molecule has 110 valence electrons. The summed E-state index contributed by atoms with van der Waals surface area (Å²) in [5.74, 6) is 0.836. The van der Waals surface area contributed by atoms with Crippen molar-refractivity contribution in [3.63, 3.8) is 0 Å². The summed E-state index contributed by atoms with van der Waals surface area (Å²) in [7, 11) is 4.24. The third kappa shape index (κ3) is 2.75. The highest BCUT2D eigenvalue weighted by atomic mass is 15.3. The molecule has 2 heterocycles. The lowest BCUT2D eigenvalue weighted by Gasteiger charge is -2.36. The SMILES string of the molecule is Cc1nnc(N2CCC(N(C)C)CC2)c(C(=N)N)c1C. The second kappa shape index (κ2) is 5.75. The third-order valence-corrected chi connectivity index (χ3v) is 4.20. The molecule has 0 bridgehead atoms. The molecule has 0 amide bonds. The molecule has 0 aromatic carbocycles. The van der Waals surface area contributed by atoms with Crippen LogP contribution in [-0.4, -0.2) is 54.2 Å². The highest BCUT2D eigenvalue weighted by molar-refractivity contribution is 6.01. The smallest absolute Gasteiger partial charge is 0.162 e. The van der Waals surface area contributed by atoms with Crippen LogP contribution >= 0.6 is 0 Å². The van der Waals surface area contributed by atoms with Crippen molar-refractivity contribution in [3.05, 3.63) is 16.8 Å². The first-order chi connectivity index (χ1) is 9.41. The molecule has 0 spiro atoms. The number of nitrogens with two attached hydrogens (primary N) is 1. The van der Waals surface area contributed by atoms with Crippen LogP contribution in [0, 0.1) is 19.3 Å². The zero-order valence-electron chi connectivity index (χ0n) is 12.8. The highest BCUT2D eigenvalue weighted by Gasteiger charge is 2.25. The summed E-state index contributed by atoms with van der Waals surface area (Å²) in [6, 6.07) is 0.617. The summed E-state index contributed by atoms with van der Waals surface area (Å²) in [5.41, 5.74) is 8.28. The zero-order chi connectivity index (χ0) is 14.9. The van der Waals surface area contributed by atoms with Crippen molar-refractivity contribution < 1.29 is 0 Å². The van der Waals surface area contributed by atoms with E-state index in [2.05, 4.69) is 34.1 Å².